The van der Waals surface area contributed by atoms with Crippen LogP contribution in [0, 0.1) is 0 Å². The first kappa shape index (κ1) is 16.2. The molecule has 1 aromatic heterocycles. The van der Waals surface area contributed by atoms with Crippen molar-refractivity contribution in [3.05, 3.63) is 17.8 Å². The minimum absolute atomic E-state index is 0.685. The molecule has 2 heterocycles. The van der Waals surface area contributed by atoms with Crippen LogP contribution in [-0.2, 0) is 6.54 Å². The summed E-state index contributed by atoms with van der Waals surface area (Å²) in [6.07, 6.45) is 2.37. The highest BCUT2D eigenvalue weighted by molar-refractivity contribution is 5.37. The van der Waals surface area contributed by atoms with Crippen LogP contribution in [0.5, 0.6) is 0 Å². The number of nitrogens with zero attached hydrogens (tertiary/aromatic N) is 4. The van der Waals surface area contributed by atoms with Gasteiger partial charge in [0.05, 0.1) is 5.69 Å². The van der Waals surface area contributed by atoms with Crippen LogP contribution >= 0.6 is 0 Å². The first-order chi connectivity index (χ1) is 10.2. The maximum Gasteiger partial charge on any atom is 0.151 e. The zero-order valence-corrected chi connectivity index (χ0v) is 13.7. The lowest BCUT2D eigenvalue weighted by molar-refractivity contribution is 0.192. The van der Waals surface area contributed by atoms with E-state index in [9.17, 15) is 0 Å². The summed E-state index contributed by atoms with van der Waals surface area (Å²) in [4.78, 5) is 4.90. The average molecular weight is 291 g/mol. The zero-order chi connectivity index (χ0) is 15.1. The molecule has 0 aliphatic carbocycles. The van der Waals surface area contributed by atoms with Gasteiger partial charge in [0, 0.05) is 38.8 Å². The number of hydrogen-bond acceptors (Lipinski definition) is 5. The Labute approximate surface area is 128 Å². The second-order valence-electron chi connectivity index (χ2n) is 5.84. The summed E-state index contributed by atoms with van der Waals surface area (Å²) in [5.41, 5.74) is 1.02. The second kappa shape index (κ2) is 8.29. The minimum atomic E-state index is 0.685. The number of hydrogen-bond donors (Lipinski definition) is 1. The molecule has 1 fully saturated rings. The third-order valence-electron chi connectivity index (χ3n) is 4.29. The summed E-state index contributed by atoms with van der Waals surface area (Å²) in [5.74, 6) is 1.01. The molecule has 5 heteroatoms. The lowest BCUT2D eigenvalue weighted by Gasteiger charge is -2.38. The third-order valence-corrected chi connectivity index (χ3v) is 4.29. The topological polar surface area (TPSA) is 44.3 Å². The number of rotatable bonds is 7. The van der Waals surface area contributed by atoms with Gasteiger partial charge in [-0.05, 0) is 38.4 Å². The van der Waals surface area contributed by atoms with Crippen molar-refractivity contribution in [2.45, 2.75) is 46.2 Å². The predicted molar refractivity (Wildman–Crippen MR) is 87.6 cm³/mol. The van der Waals surface area contributed by atoms with Crippen LogP contribution < -0.4 is 10.2 Å². The largest absolute Gasteiger partial charge is 0.353 e. The van der Waals surface area contributed by atoms with Gasteiger partial charge in [0.1, 0.15) is 0 Å². The highest BCUT2D eigenvalue weighted by Crippen LogP contribution is 2.15. The van der Waals surface area contributed by atoms with Crippen LogP contribution in [0.1, 0.15) is 39.3 Å². The van der Waals surface area contributed by atoms with Gasteiger partial charge in [0.15, 0.2) is 5.82 Å². The number of nitrogens with one attached hydrogen (secondary N) is 1. The average Bonchev–Trinajstić information content (AvgIpc) is 2.55. The van der Waals surface area contributed by atoms with E-state index in [-0.39, 0.29) is 0 Å². The van der Waals surface area contributed by atoms with E-state index in [0.717, 1.165) is 57.2 Å². The van der Waals surface area contributed by atoms with Crippen molar-refractivity contribution in [2.75, 3.05) is 37.6 Å². The Kier molecular flexibility index (Phi) is 6.39. The third kappa shape index (κ3) is 4.64. The highest BCUT2D eigenvalue weighted by Gasteiger charge is 2.20. The first-order valence-corrected chi connectivity index (χ1v) is 8.27. The Morgan fingerprint density at radius 1 is 1.14 bits per heavy atom. The van der Waals surface area contributed by atoms with Crippen molar-refractivity contribution in [2.24, 2.45) is 0 Å². The summed E-state index contributed by atoms with van der Waals surface area (Å²) in [7, 11) is 0. The predicted octanol–water partition coefficient (Wildman–Crippen LogP) is 1.90. The van der Waals surface area contributed by atoms with Gasteiger partial charge in [-0.2, -0.15) is 5.10 Å². The van der Waals surface area contributed by atoms with Gasteiger partial charge in [-0.1, -0.05) is 13.8 Å². The molecule has 0 spiro atoms. The van der Waals surface area contributed by atoms with E-state index in [1.165, 1.54) is 6.42 Å². The van der Waals surface area contributed by atoms with Crippen LogP contribution in [0.4, 0.5) is 5.82 Å². The molecule has 0 bridgehead atoms. The van der Waals surface area contributed by atoms with Crippen LogP contribution in [0.2, 0.25) is 0 Å². The molecule has 1 aliphatic heterocycles. The monoisotopic (exact) mass is 291 g/mol. The maximum atomic E-state index is 4.39. The van der Waals surface area contributed by atoms with Crippen molar-refractivity contribution in [1.29, 1.82) is 0 Å². The molecular weight excluding hydrogens is 262 g/mol. The van der Waals surface area contributed by atoms with Crippen molar-refractivity contribution in [3.8, 4) is 0 Å². The molecule has 0 radical (unpaired) electrons. The molecular formula is C16H29N5. The van der Waals surface area contributed by atoms with E-state index >= 15 is 0 Å². The van der Waals surface area contributed by atoms with Crippen LogP contribution in [0.25, 0.3) is 0 Å². The quantitative estimate of drug-likeness (QED) is 0.777. The van der Waals surface area contributed by atoms with Crippen LogP contribution in [-0.4, -0.2) is 53.9 Å². The van der Waals surface area contributed by atoms with Gasteiger partial charge in [0.25, 0.3) is 0 Å². The van der Waals surface area contributed by atoms with E-state index < -0.39 is 0 Å². The molecule has 0 saturated carbocycles. The van der Waals surface area contributed by atoms with Gasteiger partial charge in [0.2, 0.25) is 0 Å². The fourth-order valence-electron chi connectivity index (χ4n) is 2.66. The summed E-state index contributed by atoms with van der Waals surface area (Å²) in [5, 5.41) is 12.1. The van der Waals surface area contributed by atoms with Gasteiger partial charge in [-0.3, -0.25) is 4.90 Å². The lowest BCUT2D eigenvalue weighted by Crippen LogP contribution is -2.49. The maximum absolute atomic E-state index is 4.39. The Hall–Kier alpha value is -1.20. The summed E-state index contributed by atoms with van der Waals surface area (Å²) >= 11 is 0. The number of anilines is 1. The SMILES string of the molecule is CCCNCc1ccc(N2CCN(C(C)CC)CC2)nn1. The normalized spacial score (nSPS) is 18.0. The molecule has 1 N–H and O–H groups in total. The minimum Gasteiger partial charge on any atom is -0.353 e. The van der Waals surface area contributed by atoms with E-state index in [0.29, 0.717) is 6.04 Å². The molecule has 1 unspecified atom stereocenters. The molecule has 0 aromatic carbocycles. The van der Waals surface area contributed by atoms with Crippen molar-refractivity contribution >= 4 is 5.82 Å². The standard InChI is InChI=1S/C16H29N5/c1-4-8-17-13-15-6-7-16(19-18-15)21-11-9-20(10-12-21)14(3)5-2/h6-7,14,17H,4-5,8-13H2,1-3H3. The molecule has 0 amide bonds. The van der Waals surface area contributed by atoms with Crippen molar-refractivity contribution in [3.63, 3.8) is 0 Å². The Balaban J connectivity index is 1.83. The molecule has 1 aromatic rings. The van der Waals surface area contributed by atoms with Gasteiger partial charge < -0.3 is 10.2 Å². The van der Waals surface area contributed by atoms with Crippen molar-refractivity contribution in [1.82, 2.24) is 20.4 Å². The van der Waals surface area contributed by atoms with E-state index in [4.69, 9.17) is 0 Å². The Bertz CT molecular complexity index is 398. The molecule has 1 aliphatic rings. The second-order valence-corrected chi connectivity index (χ2v) is 5.84. The molecule has 2 rings (SSSR count). The molecule has 5 nitrogen and oxygen atoms in total. The first-order valence-electron chi connectivity index (χ1n) is 8.27. The lowest BCUT2D eigenvalue weighted by atomic mass is 10.2. The number of piperazine rings is 1. The number of aromatic nitrogens is 2. The van der Waals surface area contributed by atoms with Crippen LogP contribution in [0.15, 0.2) is 12.1 Å². The summed E-state index contributed by atoms with van der Waals surface area (Å²) < 4.78 is 0. The Morgan fingerprint density at radius 3 is 2.48 bits per heavy atom. The fraction of sp³-hybridized carbons (Fsp3) is 0.750. The summed E-state index contributed by atoms with van der Waals surface area (Å²) in [6.45, 7) is 12.9. The van der Waals surface area contributed by atoms with E-state index in [1.807, 2.05) is 0 Å². The zero-order valence-electron chi connectivity index (χ0n) is 13.7. The summed E-state index contributed by atoms with van der Waals surface area (Å²) in [6, 6.07) is 4.88. The smallest absolute Gasteiger partial charge is 0.151 e. The van der Waals surface area contributed by atoms with E-state index in [2.05, 4.69) is 58.2 Å². The Morgan fingerprint density at radius 2 is 1.90 bits per heavy atom. The van der Waals surface area contributed by atoms with Crippen molar-refractivity contribution < 1.29 is 0 Å². The molecule has 21 heavy (non-hydrogen) atoms. The van der Waals surface area contributed by atoms with E-state index in [1.54, 1.807) is 0 Å². The van der Waals surface area contributed by atoms with Crippen LogP contribution in [0.3, 0.4) is 0 Å². The molecule has 1 atom stereocenters. The van der Waals surface area contributed by atoms with Gasteiger partial charge in [-0.25, -0.2) is 0 Å². The highest BCUT2D eigenvalue weighted by atomic mass is 15.3. The van der Waals surface area contributed by atoms with Gasteiger partial charge in [-0.15, -0.1) is 5.10 Å². The molecule has 1 saturated heterocycles. The van der Waals surface area contributed by atoms with Gasteiger partial charge >= 0.3 is 0 Å². The molecule has 118 valence electrons. The fourth-order valence-corrected chi connectivity index (χ4v) is 2.66.